The normalized spacial score (nSPS) is 18.4. The number of benzene rings is 1. The van der Waals surface area contributed by atoms with Crippen molar-refractivity contribution in [2.45, 2.75) is 37.8 Å². The predicted molar refractivity (Wildman–Crippen MR) is 106 cm³/mol. The Morgan fingerprint density at radius 3 is 2.52 bits per heavy atom. The van der Waals surface area contributed by atoms with E-state index >= 15 is 0 Å². The summed E-state index contributed by atoms with van der Waals surface area (Å²) in [7, 11) is 1.86. The van der Waals surface area contributed by atoms with Gasteiger partial charge in [0.1, 0.15) is 5.54 Å². The molecule has 1 N–H and O–H groups in total. The third kappa shape index (κ3) is 3.62. The summed E-state index contributed by atoms with van der Waals surface area (Å²) in [5, 5.41) is 6.60. The Kier molecular flexibility index (Phi) is 5.08. The van der Waals surface area contributed by atoms with Gasteiger partial charge >= 0.3 is 6.03 Å². The molecule has 8 heteroatoms. The number of likely N-dealkylation sites (tertiary alicyclic amines) is 1. The molecular formula is C21H25N5O3. The van der Waals surface area contributed by atoms with Crippen LogP contribution < -0.4 is 5.32 Å². The number of rotatable bonds is 5. The Hall–Kier alpha value is -3.16. The summed E-state index contributed by atoms with van der Waals surface area (Å²) in [6, 6.07) is 11.2. The fourth-order valence-electron chi connectivity index (χ4n) is 4.25. The summed E-state index contributed by atoms with van der Waals surface area (Å²) in [6.45, 7) is 1.32. The van der Waals surface area contributed by atoms with Crippen LogP contribution in [0.25, 0.3) is 0 Å². The minimum atomic E-state index is -0.869. The molecule has 3 heterocycles. The highest BCUT2D eigenvalue weighted by molar-refractivity contribution is 6.07. The first-order chi connectivity index (χ1) is 14.0. The van der Waals surface area contributed by atoms with Crippen LogP contribution in [0.15, 0.2) is 42.6 Å². The van der Waals surface area contributed by atoms with Gasteiger partial charge in [0.05, 0.1) is 0 Å². The summed E-state index contributed by atoms with van der Waals surface area (Å²) in [5.74, 6) is -0.180. The van der Waals surface area contributed by atoms with Gasteiger partial charge in [-0.3, -0.25) is 19.6 Å². The molecule has 0 saturated carbocycles. The van der Waals surface area contributed by atoms with Gasteiger partial charge in [0.15, 0.2) is 0 Å². The zero-order valence-electron chi connectivity index (χ0n) is 16.5. The lowest BCUT2D eigenvalue weighted by Gasteiger charge is -2.42. The molecule has 4 amide bonds. The standard InChI is InChI=1S/C21H25N5O3/c1-24-17(9-12-22-24)7-8-18(27)25-13-10-21(11-14-25)19(28)23-20(29)26(21)15-16-5-3-2-4-6-16/h2-6,9,12H,7-8,10-11,13-15H2,1H3,(H,23,28,29). The molecule has 1 aromatic carbocycles. The van der Waals surface area contributed by atoms with E-state index in [1.807, 2.05) is 43.4 Å². The minimum absolute atomic E-state index is 0.0698. The summed E-state index contributed by atoms with van der Waals surface area (Å²) in [4.78, 5) is 41.2. The molecule has 4 rings (SSSR count). The maximum atomic E-state index is 12.7. The molecule has 1 spiro atoms. The largest absolute Gasteiger partial charge is 0.342 e. The number of carbonyl (C=O) groups is 3. The predicted octanol–water partition coefficient (Wildman–Crippen LogP) is 1.47. The van der Waals surface area contributed by atoms with Crippen LogP contribution in [-0.4, -0.2) is 56.1 Å². The first-order valence-electron chi connectivity index (χ1n) is 9.91. The lowest BCUT2D eigenvalue weighted by molar-refractivity contribution is -0.138. The van der Waals surface area contributed by atoms with Crippen LogP contribution in [-0.2, 0) is 29.6 Å². The van der Waals surface area contributed by atoms with Crippen LogP contribution in [0, 0.1) is 0 Å². The van der Waals surface area contributed by atoms with Crippen LogP contribution in [0.3, 0.4) is 0 Å². The first kappa shape index (κ1) is 19.2. The summed E-state index contributed by atoms with van der Waals surface area (Å²) < 4.78 is 1.77. The highest BCUT2D eigenvalue weighted by Gasteiger charge is 2.54. The Morgan fingerprint density at radius 1 is 1.14 bits per heavy atom. The number of aryl methyl sites for hydroxylation is 2. The molecule has 2 saturated heterocycles. The number of nitrogens with one attached hydrogen (secondary N) is 1. The number of imide groups is 1. The average molecular weight is 395 g/mol. The molecular weight excluding hydrogens is 370 g/mol. The van der Waals surface area contributed by atoms with E-state index < -0.39 is 5.54 Å². The molecule has 2 aromatic rings. The summed E-state index contributed by atoms with van der Waals surface area (Å²) >= 11 is 0. The van der Waals surface area contributed by atoms with E-state index in [0.29, 0.717) is 45.3 Å². The monoisotopic (exact) mass is 395 g/mol. The van der Waals surface area contributed by atoms with Gasteiger partial charge in [0.25, 0.3) is 5.91 Å². The fraction of sp³-hybridized carbons (Fsp3) is 0.429. The minimum Gasteiger partial charge on any atom is -0.342 e. The lowest BCUT2D eigenvalue weighted by Crippen LogP contribution is -2.57. The number of piperidine rings is 1. The number of amides is 4. The molecule has 0 aliphatic carbocycles. The van der Waals surface area contributed by atoms with Crippen molar-refractivity contribution in [2.24, 2.45) is 7.05 Å². The molecule has 1 aromatic heterocycles. The second-order valence-corrected chi connectivity index (χ2v) is 7.69. The van der Waals surface area contributed by atoms with Gasteiger partial charge in [-0.25, -0.2) is 4.79 Å². The molecule has 2 aliphatic rings. The Morgan fingerprint density at radius 2 is 1.86 bits per heavy atom. The molecule has 2 fully saturated rings. The quantitative estimate of drug-likeness (QED) is 0.777. The van der Waals surface area contributed by atoms with Gasteiger partial charge in [-0.1, -0.05) is 30.3 Å². The highest BCUT2D eigenvalue weighted by Crippen LogP contribution is 2.34. The molecule has 0 radical (unpaired) electrons. The van der Waals surface area contributed by atoms with Gasteiger partial charge in [-0.05, 0) is 30.9 Å². The maximum Gasteiger partial charge on any atom is 0.325 e. The number of carbonyl (C=O) groups excluding carboxylic acids is 3. The van der Waals surface area contributed by atoms with Gasteiger partial charge in [-0.15, -0.1) is 0 Å². The van der Waals surface area contributed by atoms with E-state index in [2.05, 4.69) is 10.4 Å². The van der Waals surface area contributed by atoms with E-state index in [-0.39, 0.29) is 17.8 Å². The van der Waals surface area contributed by atoms with Crippen molar-refractivity contribution in [3.63, 3.8) is 0 Å². The third-order valence-electron chi connectivity index (χ3n) is 6.05. The van der Waals surface area contributed by atoms with E-state index in [9.17, 15) is 14.4 Å². The van der Waals surface area contributed by atoms with Crippen LogP contribution >= 0.6 is 0 Å². The van der Waals surface area contributed by atoms with Gasteiger partial charge in [0, 0.05) is 45.0 Å². The second kappa shape index (κ2) is 7.69. The molecule has 0 bridgehead atoms. The summed E-state index contributed by atoms with van der Waals surface area (Å²) in [5.41, 5.74) is 1.12. The van der Waals surface area contributed by atoms with Crippen LogP contribution in [0.2, 0.25) is 0 Å². The van der Waals surface area contributed by atoms with Crippen LogP contribution in [0.5, 0.6) is 0 Å². The zero-order chi connectivity index (χ0) is 20.4. The fourth-order valence-corrected chi connectivity index (χ4v) is 4.25. The number of hydrogen-bond donors (Lipinski definition) is 1. The van der Waals surface area contributed by atoms with E-state index in [0.717, 1.165) is 11.3 Å². The molecule has 8 nitrogen and oxygen atoms in total. The number of urea groups is 1. The van der Waals surface area contributed by atoms with Crippen molar-refractivity contribution < 1.29 is 14.4 Å². The van der Waals surface area contributed by atoms with E-state index in [1.165, 1.54) is 0 Å². The molecule has 2 aliphatic heterocycles. The second-order valence-electron chi connectivity index (χ2n) is 7.69. The van der Waals surface area contributed by atoms with Crippen molar-refractivity contribution in [1.82, 2.24) is 24.9 Å². The van der Waals surface area contributed by atoms with Gasteiger partial charge < -0.3 is 9.80 Å². The Balaban J connectivity index is 1.40. The summed E-state index contributed by atoms with van der Waals surface area (Å²) in [6.07, 6.45) is 3.67. The molecule has 29 heavy (non-hydrogen) atoms. The van der Waals surface area contributed by atoms with E-state index in [4.69, 9.17) is 0 Å². The number of hydrogen-bond acceptors (Lipinski definition) is 4. The lowest BCUT2D eigenvalue weighted by atomic mass is 9.85. The highest BCUT2D eigenvalue weighted by atomic mass is 16.2. The first-order valence-corrected chi connectivity index (χ1v) is 9.91. The van der Waals surface area contributed by atoms with Gasteiger partial charge in [0.2, 0.25) is 5.91 Å². The average Bonchev–Trinajstić information content (AvgIpc) is 3.24. The van der Waals surface area contributed by atoms with Gasteiger partial charge in [-0.2, -0.15) is 5.10 Å². The molecule has 152 valence electrons. The van der Waals surface area contributed by atoms with Crippen molar-refractivity contribution >= 4 is 17.8 Å². The Bertz CT molecular complexity index is 915. The van der Waals surface area contributed by atoms with E-state index in [1.54, 1.807) is 20.7 Å². The van der Waals surface area contributed by atoms with Crippen molar-refractivity contribution in [3.05, 3.63) is 53.9 Å². The topological polar surface area (TPSA) is 87.5 Å². The SMILES string of the molecule is Cn1nccc1CCC(=O)N1CCC2(CC1)C(=O)NC(=O)N2Cc1ccccc1. The van der Waals surface area contributed by atoms with Crippen molar-refractivity contribution in [1.29, 1.82) is 0 Å². The molecule has 0 unspecified atom stereocenters. The smallest absolute Gasteiger partial charge is 0.325 e. The van der Waals surface area contributed by atoms with Crippen LogP contribution in [0.4, 0.5) is 4.79 Å². The number of aromatic nitrogens is 2. The molecule has 0 atom stereocenters. The number of nitrogens with zero attached hydrogens (tertiary/aromatic N) is 4. The Labute approximate surface area is 169 Å². The third-order valence-corrected chi connectivity index (χ3v) is 6.05. The maximum absolute atomic E-state index is 12.7. The van der Waals surface area contributed by atoms with Crippen molar-refractivity contribution in [3.8, 4) is 0 Å². The zero-order valence-corrected chi connectivity index (χ0v) is 16.5. The van der Waals surface area contributed by atoms with Crippen molar-refractivity contribution in [2.75, 3.05) is 13.1 Å². The van der Waals surface area contributed by atoms with Crippen LogP contribution in [0.1, 0.15) is 30.5 Å².